The number of hydrogen-bond acceptors (Lipinski definition) is 3. The maximum absolute atomic E-state index is 10.5. The molecule has 0 bridgehead atoms. The average molecular weight is 431 g/mol. The summed E-state index contributed by atoms with van der Waals surface area (Å²) in [6.07, 6.45) is 0. The van der Waals surface area contributed by atoms with E-state index >= 15 is 0 Å². The van der Waals surface area contributed by atoms with Gasteiger partial charge in [0.05, 0.1) is 4.90 Å². The van der Waals surface area contributed by atoms with Crippen LogP contribution in [0.3, 0.4) is 0 Å². The summed E-state index contributed by atoms with van der Waals surface area (Å²) >= 11 is 4.46. The third kappa shape index (κ3) is 6.29. The van der Waals surface area contributed by atoms with Crippen molar-refractivity contribution in [3.63, 3.8) is 0 Å². The van der Waals surface area contributed by atoms with Crippen LogP contribution in [0, 0.1) is 13.8 Å². The second kappa shape index (κ2) is 9.93. The Bertz CT molecular complexity index is 927. The third-order valence-corrected chi connectivity index (χ3v) is 4.87. The summed E-state index contributed by atoms with van der Waals surface area (Å²) in [6.45, 7) is 3.88. The van der Waals surface area contributed by atoms with Gasteiger partial charge in [0.2, 0.25) is 0 Å². The van der Waals surface area contributed by atoms with E-state index in [9.17, 15) is 8.42 Å². The molecule has 0 heterocycles. The number of hydrogen-bond donors (Lipinski definition) is 2. The molecule has 3 aromatic carbocycles. The molecule has 6 heteroatoms. The van der Waals surface area contributed by atoms with Crippen molar-refractivity contribution in [2.45, 2.75) is 23.6 Å². The van der Waals surface area contributed by atoms with Crippen LogP contribution < -0.4 is 0 Å². The minimum atomic E-state index is -4.03. The molecule has 0 atom stereocenters. The van der Waals surface area contributed by atoms with E-state index in [0.29, 0.717) is 0 Å². The molecule has 26 heavy (non-hydrogen) atoms. The standard InChI is InChI=1S/C13H12S.C7H8O3S.Ni/c1-10-6-2-3-7-11(10)12-8-4-5-9-13(12)14;1-6-3-2-4-7(5-6)11(8,9)10;/h2-9,14H,1H3;2-5H,1H3,(H,8,9,10);. The zero-order chi connectivity index (χ0) is 18.4. The van der Waals surface area contributed by atoms with E-state index in [-0.39, 0.29) is 21.4 Å². The summed E-state index contributed by atoms with van der Waals surface area (Å²) in [5, 5.41) is 0. The molecule has 3 nitrogen and oxygen atoms in total. The maximum Gasteiger partial charge on any atom is 0.294 e. The van der Waals surface area contributed by atoms with Gasteiger partial charge in [-0.25, -0.2) is 0 Å². The van der Waals surface area contributed by atoms with Gasteiger partial charge in [-0.05, 0) is 54.3 Å². The van der Waals surface area contributed by atoms with Gasteiger partial charge in [-0.1, -0.05) is 54.6 Å². The zero-order valence-corrected chi connectivity index (χ0v) is 17.1. The minimum Gasteiger partial charge on any atom is -0.282 e. The van der Waals surface area contributed by atoms with E-state index in [1.54, 1.807) is 19.1 Å². The molecule has 0 aliphatic rings. The number of thiol groups is 1. The van der Waals surface area contributed by atoms with Crippen molar-refractivity contribution in [3.8, 4) is 11.1 Å². The van der Waals surface area contributed by atoms with Crippen molar-refractivity contribution in [1.29, 1.82) is 0 Å². The summed E-state index contributed by atoms with van der Waals surface area (Å²) in [5.74, 6) is 0. The van der Waals surface area contributed by atoms with Crippen molar-refractivity contribution in [2.75, 3.05) is 0 Å². The van der Waals surface area contributed by atoms with Crippen molar-refractivity contribution in [3.05, 3.63) is 83.9 Å². The van der Waals surface area contributed by atoms with Crippen LogP contribution in [-0.4, -0.2) is 13.0 Å². The topological polar surface area (TPSA) is 54.4 Å². The number of aryl methyl sites for hydroxylation is 2. The fourth-order valence-corrected chi connectivity index (χ4v) is 3.22. The van der Waals surface area contributed by atoms with Gasteiger partial charge in [0, 0.05) is 21.4 Å². The van der Waals surface area contributed by atoms with Gasteiger partial charge in [0.1, 0.15) is 0 Å². The number of benzene rings is 3. The molecule has 0 radical (unpaired) electrons. The van der Waals surface area contributed by atoms with Crippen LogP contribution in [0.1, 0.15) is 11.1 Å². The molecule has 0 unspecified atom stereocenters. The first-order valence-corrected chi connectivity index (χ1v) is 9.56. The summed E-state index contributed by atoms with van der Waals surface area (Å²) in [7, 11) is -4.03. The molecule has 0 spiro atoms. The van der Waals surface area contributed by atoms with Crippen molar-refractivity contribution >= 4 is 22.7 Å². The Kier molecular flexibility index (Phi) is 8.58. The Hall–Kier alpha value is -1.59. The van der Waals surface area contributed by atoms with Crippen LogP contribution in [0.25, 0.3) is 11.1 Å². The molecule has 0 saturated carbocycles. The first kappa shape index (κ1) is 22.5. The molecular weight excluding hydrogens is 411 g/mol. The summed E-state index contributed by atoms with van der Waals surface area (Å²) in [5.41, 5.74) is 4.56. The van der Waals surface area contributed by atoms with Crippen LogP contribution in [0.4, 0.5) is 0 Å². The average Bonchev–Trinajstić information content (AvgIpc) is 2.56. The fourth-order valence-electron chi connectivity index (χ4n) is 2.35. The van der Waals surface area contributed by atoms with Crippen molar-refractivity contribution in [2.24, 2.45) is 0 Å². The molecule has 3 aromatic rings. The summed E-state index contributed by atoms with van der Waals surface area (Å²) in [4.78, 5) is 0.972. The molecule has 0 fully saturated rings. The predicted molar refractivity (Wildman–Crippen MR) is 105 cm³/mol. The Morgan fingerprint density at radius 2 is 1.38 bits per heavy atom. The molecule has 0 amide bonds. The van der Waals surface area contributed by atoms with Crippen LogP contribution in [0.15, 0.2) is 82.6 Å². The van der Waals surface area contributed by atoms with Crippen LogP contribution in [-0.2, 0) is 26.6 Å². The fraction of sp³-hybridized carbons (Fsp3) is 0.100. The zero-order valence-electron chi connectivity index (χ0n) is 14.4. The van der Waals surface area contributed by atoms with Gasteiger partial charge in [-0.2, -0.15) is 8.42 Å². The number of rotatable bonds is 2. The van der Waals surface area contributed by atoms with Gasteiger partial charge >= 0.3 is 0 Å². The van der Waals surface area contributed by atoms with Gasteiger partial charge in [-0.15, -0.1) is 12.6 Å². The Morgan fingerprint density at radius 3 is 1.88 bits per heavy atom. The Balaban J connectivity index is 0.000000258. The van der Waals surface area contributed by atoms with E-state index in [0.717, 1.165) is 10.5 Å². The minimum absolute atomic E-state index is 0. The monoisotopic (exact) mass is 430 g/mol. The van der Waals surface area contributed by atoms with Crippen molar-refractivity contribution < 1.29 is 29.5 Å². The van der Waals surface area contributed by atoms with Gasteiger partial charge in [0.25, 0.3) is 10.1 Å². The Morgan fingerprint density at radius 1 is 0.808 bits per heavy atom. The van der Waals surface area contributed by atoms with E-state index in [1.165, 1.54) is 28.8 Å². The predicted octanol–water partition coefficient (Wildman–Crippen LogP) is 5.19. The van der Waals surface area contributed by atoms with Crippen LogP contribution >= 0.6 is 12.6 Å². The quantitative estimate of drug-likeness (QED) is 0.334. The van der Waals surface area contributed by atoms with E-state index in [4.69, 9.17) is 4.55 Å². The molecule has 140 valence electrons. The molecule has 0 aromatic heterocycles. The van der Waals surface area contributed by atoms with E-state index in [2.05, 4.69) is 49.9 Å². The smallest absolute Gasteiger partial charge is 0.282 e. The van der Waals surface area contributed by atoms with Gasteiger partial charge in [0.15, 0.2) is 0 Å². The molecule has 0 aliphatic heterocycles. The van der Waals surface area contributed by atoms with Crippen LogP contribution in [0.2, 0.25) is 0 Å². The molecule has 0 saturated heterocycles. The third-order valence-electron chi connectivity index (χ3n) is 3.63. The normalized spacial score (nSPS) is 10.3. The molecule has 0 aliphatic carbocycles. The molecular formula is C20H20NiO3S2. The summed E-state index contributed by atoms with van der Waals surface area (Å²) in [6, 6.07) is 22.6. The molecule has 3 rings (SSSR count). The van der Waals surface area contributed by atoms with E-state index < -0.39 is 10.1 Å². The molecule has 1 N–H and O–H groups in total. The van der Waals surface area contributed by atoms with E-state index in [1.807, 2.05) is 18.2 Å². The maximum atomic E-state index is 10.5. The first-order valence-electron chi connectivity index (χ1n) is 7.67. The largest absolute Gasteiger partial charge is 0.294 e. The first-order chi connectivity index (χ1) is 11.8. The van der Waals surface area contributed by atoms with Crippen LogP contribution in [0.5, 0.6) is 0 Å². The second-order valence-electron chi connectivity index (χ2n) is 5.62. The van der Waals surface area contributed by atoms with Gasteiger partial charge in [-0.3, -0.25) is 4.55 Å². The van der Waals surface area contributed by atoms with Gasteiger partial charge < -0.3 is 0 Å². The SMILES string of the molecule is Cc1cccc(S(=O)(=O)O)c1.Cc1ccccc1-c1ccccc1S.[Ni]. The second-order valence-corrected chi connectivity index (χ2v) is 7.53. The van der Waals surface area contributed by atoms with Crippen molar-refractivity contribution in [1.82, 2.24) is 0 Å². The summed E-state index contributed by atoms with van der Waals surface area (Å²) < 4.78 is 29.7. The Labute approximate surface area is 170 Å².